The van der Waals surface area contributed by atoms with Gasteiger partial charge in [0.25, 0.3) is 11.8 Å². The minimum atomic E-state index is -1.26. The quantitative estimate of drug-likeness (QED) is 0.587. The summed E-state index contributed by atoms with van der Waals surface area (Å²) in [5, 5.41) is 6.10. The number of hydrogen-bond donors (Lipinski definition) is 3. The third kappa shape index (κ3) is 3.31. The molecule has 2 aliphatic heterocycles. The van der Waals surface area contributed by atoms with Crippen molar-refractivity contribution in [2.75, 3.05) is 6.54 Å². The van der Waals surface area contributed by atoms with Crippen molar-refractivity contribution in [1.82, 2.24) is 26.0 Å². The van der Waals surface area contributed by atoms with E-state index >= 15 is 0 Å². The first kappa shape index (κ1) is 20.8. The lowest BCUT2D eigenvalue weighted by molar-refractivity contribution is -0.140. The minimum Gasteiger partial charge on any atom is -0.323 e. The summed E-state index contributed by atoms with van der Waals surface area (Å²) in [5.41, 5.74) is 0.837. The molecule has 2 saturated heterocycles. The molecule has 1 atom stereocenters. The molecule has 0 bridgehead atoms. The predicted molar refractivity (Wildman–Crippen MR) is 108 cm³/mol. The molecule has 0 aromatic heterocycles. The zero-order chi connectivity index (χ0) is 22.2. The highest BCUT2D eigenvalue weighted by molar-refractivity contribution is 6.09. The second-order valence-corrected chi connectivity index (χ2v) is 8.16. The highest BCUT2D eigenvalue weighted by Gasteiger charge is 2.53. The van der Waals surface area contributed by atoms with Gasteiger partial charge in [-0.2, -0.15) is 5.01 Å². The summed E-state index contributed by atoms with van der Waals surface area (Å²) in [5.74, 6) is -1.54. The Bertz CT molecular complexity index is 943. The van der Waals surface area contributed by atoms with Crippen LogP contribution in [0.2, 0.25) is 0 Å². The van der Waals surface area contributed by atoms with Crippen LogP contribution >= 0.6 is 0 Å². The molecule has 2 heterocycles. The molecule has 3 N–H and O–H groups in total. The number of hydrazine groups is 1. The second-order valence-electron chi connectivity index (χ2n) is 8.16. The highest BCUT2D eigenvalue weighted by Crippen LogP contribution is 2.35. The molecule has 10 heteroatoms. The third-order valence-electron chi connectivity index (χ3n) is 6.39. The third-order valence-corrected chi connectivity index (χ3v) is 6.39. The zero-order valence-corrected chi connectivity index (χ0v) is 17.3. The van der Waals surface area contributed by atoms with E-state index in [0.29, 0.717) is 29.8 Å². The number of amides is 7. The van der Waals surface area contributed by atoms with Crippen molar-refractivity contribution in [3.63, 3.8) is 0 Å². The SMILES string of the molecule is CC[C@@]1(c2ccccc2)NC(=O)N(NC(=O)CCN2C(=O)NC3(CCCC3)C2=O)C1=O. The van der Waals surface area contributed by atoms with Gasteiger partial charge < -0.3 is 10.6 Å². The van der Waals surface area contributed by atoms with Crippen LogP contribution in [0.15, 0.2) is 30.3 Å². The standard InChI is InChI=1S/C21H25N5O5/c1-2-21(14-8-4-3-5-9-14)17(29)26(19(31)23-21)24-15(27)10-13-25-16(28)20(22-18(25)30)11-6-7-12-20/h3-5,8-9H,2,6-7,10-13H2,1H3,(H,22,30)(H,23,31)(H,24,27)/t21-/m0/s1. The first-order chi connectivity index (χ1) is 14.8. The topological polar surface area (TPSA) is 128 Å². The molecule has 0 unspecified atom stereocenters. The lowest BCUT2D eigenvalue weighted by Crippen LogP contribution is -2.49. The molecule has 4 rings (SSSR count). The van der Waals surface area contributed by atoms with Crippen LogP contribution in [0.4, 0.5) is 9.59 Å². The summed E-state index contributed by atoms with van der Waals surface area (Å²) < 4.78 is 0. The van der Waals surface area contributed by atoms with Gasteiger partial charge in [0.05, 0.1) is 0 Å². The fourth-order valence-electron chi connectivity index (χ4n) is 4.63. The number of urea groups is 2. The first-order valence-corrected chi connectivity index (χ1v) is 10.5. The number of rotatable bonds is 6. The summed E-state index contributed by atoms with van der Waals surface area (Å²) in [7, 11) is 0. The molecule has 3 fully saturated rings. The molecule has 31 heavy (non-hydrogen) atoms. The van der Waals surface area contributed by atoms with Gasteiger partial charge in [-0.1, -0.05) is 50.1 Å². The maximum Gasteiger partial charge on any atom is 0.344 e. The number of carbonyl (C=O) groups excluding carboxylic acids is 5. The molecular weight excluding hydrogens is 402 g/mol. The van der Waals surface area contributed by atoms with Crippen molar-refractivity contribution in [1.29, 1.82) is 0 Å². The number of carbonyl (C=O) groups is 5. The average Bonchev–Trinajstić information content (AvgIpc) is 3.40. The maximum atomic E-state index is 13.0. The van der Waals surface area contributed by atoms with Crippen molar-refractivity contribution in [3.8, 4) is 0 Å². The Morgan fingerprint density at radius 1 is 1.00 bits per heavy atom. The number of hydrogen-bond acceptors (Lipinski definition) is 5. The zero-order valence-electron chi connectivity index (χ0n) is 17.3. The fourth-order valence-corrected chi connectivity index (χ4v) is 4.63. The Labute approximate surface area is 179 Å². The van der Waals surface area contributed by atoms with E-state index < -0.39 is 35.0 Å². The van der Waals surface area contributed by atoms with E-state index in [1.807, 2.05) is 0 Å². The fraction of sp³-hybridized carbons (Fsp3) is 0.476. The van der Waals surface area contributed by atoms with E-state index in [1.54, 1.807) is 37.3 Å². The maximum absolute atomic E-state index is 13.0. The molecule has 0 radical (unpaired) electrons. The lowest BCUT2D eigenvalue weighted by Gasteiger charge is -2.25. The molecule has 10 nitrogen and oxygen atoms in total. The van der Waals surface area contributed by atoms with Crippen LogP contribution in [0.5, 0.6) is 0 Å². The molecule has 1 aromatic carbocycles. The van der Waals surface area contributed by atoms with E-state index in [-0.39, 0.29) is 18.9 Å². The van der Waals surface area contributed by atoms with Crippen molar-refractivity contribution < 1.29 is 24.0 Å². The Morgan fingerprint density at radius 2 is 1.68 bits per heavy atom. The Morgan fingerprint density at radius 3 is 2.32 bits per heavy atom. The van der Waals surface area contributed by atoms with Gasteiger partial charge >= 0.3 is 12.1 Å². The second kappa shape index (κ2) is 7.68. The smallest absolute Gasteiger partial charge is 0.323 e. The minimum absolute atomic E-state index is 0.125. The van der Waals surface area contributed by atoms with Crippen molar-refractivity contribution in [3.05, 3.63) is 35.9 Å². The number of nitrogens with one attached hydrogen (secondary N) is 3. The van der Waals surface area contributed by atoms with Crippen molar-refractivity contribution in [2.45, 2.75) is 56.5 Å². The van der Waals surface area contributed by atoms with Crippen LogP contribution in [-0.4, -0.2) is 51.8 Å². The Hall–Kier alpha value is -3.43. The number of imide groups is 2. The van der Waals surface area contributed by atoms with Gasteiger partial charge in [-0.3, -0.25) is 24.7 Å². The van der Waals surface area contributed by atoms with Crippen molar-refractivity contribution >= 4 is 29.8 Å². The number of benzene rings is 1. The molecule has 1 spiro atoms. The van der Waals surface area contributed by atoms with Gasteiger partial charge in [0.1, 0.15) is 11.1 Å². The predicted octanol–water partition coefficient (Wildman–Crippen LogP) is 1.13. The summed E-state index contributed by atoms with van der Waals surface area (Å²) >= 11 is 0. The van der Waals surface area contributed by atoms with Gasteiger partial charge in [0, 0.05) is 13.0 Å². The van der Waals surface area contributed by atoms with E-state index in [9.17, 15) is 24.0 Å². The lowest BCUT2D eigenvalue weighted by atomic mass is 9.87. The molecule has 1 saturated carbocycles. The van der Waals surface area contributed by atoms with Crippen LogP contribution in [0.3, 0.4) is 0 Å². The van der Waals surface area contributed by atoms with Crippen LogP contribution in [-0.2, 0) is 19.9 Å². The highest BCUT2D eigenvalue weighted by atomic mass is 16.2. The van der Waals surface area contributed by atoms with E-state index in [0.717, 1.165) is 17.7 Å². The summed E-state index contributed by atoms with van der Waals surface area (Å²) in [4.78, 5) is 63.9. The molecule has 3 aliphatic rings. The largest absolute Gasteiger partial charge is 0.344 e. The Balaban J connectivity index is 1.40. The summed E-state index contributed by atoms with van der Waals surface area (Å²) in [6, 6.07) is 7.57. The molecule has 1 aliphatic carbocycles. The number of nitrogens with zero attached hydrogens (tertiary/aromatic N) is 2. The van der Waals surface area contributed by atoms with Gasteiger partial charge in [0.2, 0.25) is 5.91 Å². The van der Waals surface area contributed by atoms with Crippen LogP contribution in [0.1, 0.15) is 51.0 Å². The van der Waals surface area contributed by atoms with Crippen LogP contribution < -0.4 is 16.1 Å². The van der Waals surface area contributed by atoms with Crippen molar-refractivity contribution in [2.24, 2.45) is 0 Å². The van der Waals surface area contributed by atoms with Gasteiger partial charge in [0.15, 0.2) is 0 Å². The van der Waals surface area contributed by atoms with Crippen LogP contribution in [0, 0.1) is 0 Å². The van der Waals surface area contributed by atoms with Crippen LogP contribution in [0.25, 0.3) is 0 Å². The van der Waals surface area contributed by atoms with E-state index in [2.05, 4.69) is 16.1 Å². The van der Waals surface area contributed by atoms with Gasteiger partial charge in [-0.25, -0.2) is 9.59 Å². The molecule has 164 valence electrons. The first-order valence-electron chi connectivity index (χ1n) is 10.5. The van der Waals surface area contributed by atoms with Gasteiger partial charge in [-0.15, -0.1) is 0 Å². The van der Waals surface area contributed by atoms with Gasteiger partial charge in [-0.05, 0) is 24.8 Å². The monoisotopic (exact) mass is 427 g/mol. The normalized spacial score (nSPS) is 24.7. The summed E-state index contributed by atoms with van der Waals surface area (Å²) in [6.07, 6.45) is 3.01. The molecule has 7 amide bonds. The molecular formula is C21H25N5O5. The average molecular weight is 427 g/mol. The van der Waals surface area contributed by atoms with E-state index in [4.69, 9.17) is 0 Å². The summed E-state index contributed by atoms with van der Waals surface area (Å²) in [6.45, 7) is 1.65. The Kier molecular flexibility index (Phi) is 5.16. The molecule has 1 aromatic rings. The van der Waals surface area contributed by atoms with E-state index in [1.165, 1.54) is 0 Å².